The number of hydrogen-bond donors (Lipinski definition) is 0. The lowest BCUT2D eigenvalue weighted by atomic mass is 10.1. The summed E-state index contributed by atoms with van der Waals surface area (Å²) in [5.41, 5.74) is 0.996. The predicted octanol–water partition coefficient (Wildman–Crippen LogP) is 5.91. The second-order valence-corrected chi connectivity index (χ2v) is 8.92. The normalized spacial score (nSPS) is 15.3. The molecule has 0 aliphatic carbocycles. The van der Waals surface area contributed by atoms with Crippen LogP contribution >= 0.6 is 23.3 Å². The van der Waals surface area contributed by atoms with Crippen molar-refractivity contribution >= 4 is 39.4 Å². The van der Waals surface area contributed by atoms with Crippen LogP contribution in [0.15, 0.2) is 71.2 Å². The first-order valence-corrected chi connectivity index (χ1v) is 10.3. The molecule has 3 rings (SSSR count). The van der Waals surface area contributed by atoms with E-state index in [4.69, 9.17) is 4.52 Å². The number of halogens is 1. The van der Waals surface area contributed by atoms with Crippen molar-refractivity contribution in [1.82, 2.24) is 0 Å². The van der Waals surface area contributed by atoms with Crippen LogP contribution in [0.2, 0.25) is 0 Å². The third-order valence-corrected chi connectivity index (χ3v) is 6.56. The minimum absolute atomic E-state index is 0.257. The second-order valence-electron chi connectivity index (χ2n) is 5.65. The van der Waals surface area contributed by atoms with Crippen molar-refractivity contribution in [2.24, 2.45) is 0 Å². The summed E-state index contributed by atoms with van der Waals surface area (Å²) < 4.78 is 20.0. The molecule has 0 N–H and O–H groups in total. The molecule has 0 amide bonds. The van der Waals surface area contributed by atoms with E-state index in [2.05, 4.69) is 15.9 Å². The maximum atomic E-state index is 13.1. The molecule has 0 spiro atoms. The maximum absolute atomic E-state index is 13.1. The van der Waals surface area contributed by atoms with Crippen LogP contribution in [0.1, 0.15) is 18.6 Å². The van der Waals surface area contributed by atoms with Gasteiger partial charge in [0.1, 0.15) is 0 Å². The molecule has 0 heterocycles. The molecule has 2 nitrogen and oxygen atoms in total. The van der Waals surface area contributed by atoms with Crippen molar-refractivity contribution in [3.05, 3.63) is 76.8 Å². The van der Waals surface area contributed by atoms with Crippen molar-refractivity contribution in [1.29, 1.82) is 0 Å². The average Bonchev–Trinajstić information content (AvgIpc) is 2.54. The van der Waals surface area contributed by atoms with E-state index in [1.807, 2.05) is 73.7 Å². The molecule has 4 heteroatoms. The lowest BCUT2D eigenvalue weighted by Gasteiger charge is -2.21. The van der Waals surface area contributed by atoms with Crippen LogP contribution < -0.4 is 5.30 Å². The topological polar surface area (TPSA) is 26.3 Å². The highest BCUT2D eigenvalue weighted by Crippen LogP contribution is 2.47. The smallest absolute Gasteiger partial charge is 0.229 e. The summed E-state index contributed by atoms with van der Waals surface area (Å²) in [5.74, 6) is 0. The van der Waals surface area contributed by atoms with E-state index in [1.54, 1.807) is 6.66 Å². The van der Waals surface area contributed by atoms with Gasteiger partial charge < -0.3 is 4.52 Å². The zero-order chi connectivity index (χ0) is 16.4. The van der Waals surface area contributed by atoms with Crippen molar-refractivity contribution in [2.45, 2.75) is 13.0 Å². The largest absolute Gasteiger partial charge is 0.318 e. The summed E-state index contributed by atoms with van der Waals surface area (Å²) in [4.78, 5) is 0. The zero-order valence-corrected chi connectivity index (χ0v) is 15.6. The van der Waals surface area contributed by atoms with E-state index in [1.165, 1.54) is 0 Å². The van der Waals surface area contributed by atoms with E-state index >= 15 is 0 Å². The number of fused-ring (bicyclic) bond motifs is 1. The highest BCUT2D eigenvalue weighted by atomic mass is 79.9. The Morgan fingerprint density at radius 3 is 2.35 bits per heavy atom. The lowest BCUT2D eigenvalue weighted by Crippen LogP contribution is -2.09. The Bertz CT molecular complexity index is 891. The standard InChI is InChI=1S/C19H18BrO2P/c1-14(18-9-5-6-10-19(18)20)22-23(2,21)17-12-11-15-7-3-4-8-16(15)13-17/h3-14H,1-2H3. The van der Waals surface area contributed by atoms with Gasteiger partial charge in [-0.15, -0.1) is 0 Å². The van der Waals surface area contributed by atoms with Gasteiger partial charge in [0.15, 0.2) is 0 Å². The average molecular weight is 389 g/mol. The first-order valence-electron chi connectivity index (χ1n) is 7.47. The molecule has 2 unspecified atom stereocenters. The van der Waals surface area contributed by atoms with E-state index < -0.39 is 7.37 Å². The second kappa shape index (κ2) is 6.60. The summed E-state index contributed by atoms with van der Waals surface area (Å²) in [6.07, 6.45) is -0.257. The molecular weight excluding hydrogens is 371 g/mol. The number of hydrogen-bond acceptors (Lipinski definition) is 2. The fourth-order valence-corrected chi connectivity index (χ4v) is 4.82. The lowest BCUT2D eigenvalue weighted by molar-refractivity contribution is 0.235. The Morgan fingerprint density at radius 2 is 1.61 bits per heavy atom. The molecule has 0 saturated heterocycles. The summed E-state index contributed by atoms with van der Waals surface area (Å²) >= 11 is 3.52. The SMILES string of the molecule is CC(OP(C)(=O)c1ccc2ccccc2c1)c1ccccc1Br. The number of rotatable bonds is 4. The van der Waals surface area contributed by atoms with Crippen molar-refractivity contribution < 1.29 is 9.09 Å². The molecule has 118 valence electrons. The van der Waals surface area contributed by atoms with Crippen LogP contribution in [-0.2, 0) is 9.09 Å². The van der Waals surface area contributed by atoms with Crippen molar-refractivity contribution in [3.63, 3.8) is 0 Å². The summed E-state index contributed by atoms with van der Waals surface area (Å²) in [7, 11) is -2.91. The van der Waals surface area contributed by atoms with Gasteiger partial charge in [-0.2, -0.15) is 0 Å². The van der Waals surface area contributed by atoms with Crippen LogP contribution in [0.3, 0.4) is 0 Å². The molecule has 0 fully saturated rings. The molecule has 23 heavy (non-hydrogen) atoms. The molecule has 3 aromatic carbocycles. The summed E-state index contributed by atoms with van der Waals surface area (Å²) in [5, 5.41) is 2.95. The highest BCUT2D eigenvalue weighted by Gasteiger charge is 2.24. The predicted molar refractivity (Wildman–Crippen MR) is 101 cm³/mol. The van der Waals surface area contributed by atoms with E-state index in [-0.39, 0.29) is 6.10 Å². The first-order chi connectivity index (χ1) is 11.0. The number of benzene rings is 3. The van der Waals surface area contributed by atoms with Gasteiger partial charge in [-0.1, -0.05) is 64.5 Å². The van der Waals surface area contributed by atoms with E-state index in [9.17, 15) is 4.57 Å². The van der Waals surface area contributed by atoms with Crippen molar-refractivity contribution in [2.75, 3.05) is 6.66 Å². The molecular formula is C19H18BrO2P. The van der Waals surface area contributed by atoms with Gasteiger partial charge >= 0.3 is 0 Å². The Morgan fingerprint density at radius 1 is 0.957 bits per heavy atom. The molecule has 3 aromatic rings. The quantitative estimate of drug-likeness (QED) is 0.519. The molecule has 0 aliphatic heterocycles. The monoisotopic (exact) mass is 388 g/mol. The van der Waals surface area contributed by atoms with Crippen LogP contribution in [-0.4, -0.2) is 6.66 Å². The Kier molecular flexibility index (Phi) is 4.72. The van der Waals surface area contributed by atoms with Crippen LogP contribution in [0.5, 0.6) is 0 Å². The van der Waals surface area contributed by atoms with Crippen molar-refractivity contribution in [3.8, 4) is 0 Å². The molecule has 0 aliphatic rings. The summed E-state index contributed by atoms with van der Waals surface area (Å²) in [6, 6.07) is 21.8. The molecule has 0 saturated carbocycles. The Hall–Kier alpha value is -1.41. The fraction of sp³-hybridized carbons (Fsp3) is 0.158. The van der Waals surface area contributed by atoms with Crippen LogP contribution in [0.25, 0.3) is 10.8 Å². The third-order valence-electron chi connectivity index (χ3n) is 3.90. The van der Waals surface area contributed by atoms with E-state index in [0.29, 0.717) is 0 Å². The summed E-state index contributed by atoms with van der Waals surface area (Å²) in [6.45, 7) is 3.61. The van der Waals surface area contributed by atoms with Gasteiger partial charge in [0.25, 0.3) is 0 Å². The third kappa shape index (κ3) is 3.58. The fourth-order valence-electron chi connectivity index (χ4n) is 2.65. The Labute approximate surface area is 145 Å². The Balaban J connectivity index is 1.91. The minimum Gasteiger partial charge on any atom is -0.318 e. The molecule has 0 radical (unpaired) electrons. The molecule has 0 bridgehead atoms. The minimum atomic E-state index is -2.91. The maximum Gasteiger partial charge on any atom is 0.229 e. The van der Waals surface area contributed by atoms with Gasteiger partial charge in [0, 0.05) is 16.4 Å². The van der Waals surface area contributed by atoms with Gasteiger partial charge in [0.05, 0.1) is 6.10 Å². The molecule has 2 atom stereocenters. The van der Waals surface area contributed by atoms with Crippen LogP contribution in [0, 0.1) is 0 Å². The molecule has 0 aromatic heterocycles. The van der Waals surface area contributed by atoms with Gasteiger partial charge in [-0.25, -0.2) is 0 Å². The van der Waals surface area contributed by atoms with Crippen LogP contribution in [0.4, 0.5) is 0 Å². The van der Waals surface area contributed by atoms with Gasteiger partial charge in [0.2, 0.25) is 7.37 Å². The first kappa shape index (κ1) is 16.4. The highest BCUT2D eigenvalue weighted by molar-refractivity contribution is 9.10. The van der Waals surface area contributed by atoms with Gasteiger partial charge in [-0.05, 0) is 41.5 Å². The zero-order valence-electron chi connectivity index (χ0n) is 13.1. The van der Waals surface area contributed by atoms with Gasteiger partial charge in [-0.3, -0.25) is 4.57 Å². The van der Waals surface area contributed by atoms with E-state index in [0.717, 1.165) is 26.1 Å².